The Bertz CT molecular complexity index is 367. The Labute approximate surface area is 106 Å². The standard InChI is InChI=1S/C12H19NO5/c1-12(2)6-5-7-8(10(14)16-3)9(11(15)17-4)18-13(7)12/h7-9H,5-6H2,1-4H3/t7-,8-,9+/m0/s1. The molecule has 0 spiro atoms. The van der Waals surface area contributed by atoms with E-state index in [2.05, 4.69) is 0 Å². The number of rotatable bonds is 2. The lowest BCUT2D eigenvalue weighted by Crippen LogP contribution is -2.40. The normalized spacial score (nSPS) is 34.1. The van der Waals surface area contributed by atoms with Gasteiger partial charge in [0.15, 0.2) is 6.10 Å². The molecule has 0 aliphatic carbocycles. The number of ether oxygens (including phenoxy) is 2. The van der Waals surface area contributed by atoms with Gasteiger partial charge in [-0.1, -0.05) is 0 Å². The van der Waals surface area contributed by atoms with Crippen LogP contribution in [0.3, 0.4) is 0 Å². The molecule has 0 N–H and O–H groups in total. The minimum atomic E-state index is -0.896. The van der Waals surface area contributed by atoms with E-state index in [1.165, 1.54) is 14.2 Å². The van der Waals surface area contributed by atoms with Crippen LogP contribution in [-0.4, -0.2) is 48.9 Å². The lowest BCUT2D eigenvalue weighted by atomic mass is 9.93. The average Bonchev–Trinajstić information content (AvgIpc) is 2.86. The average molecular weight is 257 g/mol. The number of hydrogen-bond donors (Lipinski definition) is 0. The van der Waals surface area contributed by atoms with E-state index in [0.717, 1.165) is 12.8 Å². The fourth-order valence-electron chi connectivity index (χ4n) is 2.84. The van der Waals surface area contributed by atoms with Gasteiger partial charge in [0.25, 0.3) is 0 Å². The number of nitrogens with zero attached hydrogens (tertiary/aromatic N) is 1. The summed E-state index contributed by atoms with van der Waals surface area (Å²) in [6.07, 6.45) is 0.825. The van der Waals surface area contributed by atoms with Crippen LogP contribution in [-0.2, 0) is 23.9 Å². The molecule has 0 amide bonds. The van der Waals surface area contributed by atoms with Gasteiger partial charge in [0, 0.05) is 5.54 Å². The van der Waals surface area contributed by atoms with Gasteiger partial charge in [0.05, 0.1) is 20.3 Å². The van der Waals surface area contributed by atoms with Crippen LogP contribution in [0.5, 0.6) is 0 Å². The zero-order chi connectivity index (χ0) is 13.5. The van der Waals surface area contributed by atoms with Crippen molar-refractivity contribution in [2.75, 3.05) is 14.2 Å². The van der Waals surface area contributed by atoms with Gasteiger partial charge < -0.3 is 9.47 Å². The highest BCUT2D eigenvalue weighted by Crippen LogP contribution is 2.44. The first-order valence-electron chi connectivity index (χ1n) is 6.04. The Morgan fingerprint density at radius 3 is 2.39 bits per heavy atom. The zero-order valence-electron chi connectivity index (χ0n) is 11.1. The molecule has 2 aliphatic heterocycles. The quantitative estimate of drug-likeness (QED) is 0.671. The van der Waals surface area contributed by atoms with Gasteiger partial charge in [0.1, 0.15) is 5.92 Å². The first-order valence-corrected chi connectivity index (χ1v) is 6.04. The van der Waals surface area contributed by atoms with Gasteiger partial charge in [-0.2, -0.15) is 5.06 Å². The Balaban J connectivity index is 2.28. The molecule has 3 atom stereocenters. The van der Waals surface area contributed by atoms with Crippen molar-refractivity contribution in [3.8, 4) is 0 Å². The van der Waals surface area contributed by atoms with Crippen molar-refractivity contribution >= 4 is 11.9 Å². The van der Waals surface area contributed by atoms with E-state index in [0.29, 0.717) is 0 Å². The number of hydroxylamine groups is 2. The van der Waals surface area contributed by atoms with Crippen LogP contribution in [0.2, 0.25) is 0 Å². The van der Waals surface area contributed by atoms with Crippen molar-refractivity contribution < 1.29 is 23.9 Å². The minimum Gasteiger partial charge on any atom is -0.469 e. The molecule has 0 unspecified atom stereocenters. The number of methoxy groups -OCH3 is 2. The molecule has 0 aromatic rings. The molecule has 6 nitrogen and oxygen atoms in total. The zero-order valence-corrected chi connectivity index (χ0v) is 11.1. The van der Waals surface area contributed by atoms with Gasteiger partial charge in [-0.3, -0.25) is 9.63 Å². The molecule has 2 rings (SSSR count). The number of carbonyl (C=O) groups is 2. The Hall–Kier alpha value is -1.14. The summed E-state index contributed by atoms with van der Waals surface area (Å²) in [5, 5.41) is 1.76. The Morgan fingerprint density at radius 2 is 1.83 bits per heavy atom. The number of carbonyl (C=O) groups excluding carboxylic acids is 2. The first-order chi connectivity index (χ1) is 8.42. The Morgan fingerprint density at radius 1 is 1.22 bits per heavy atom. The molecule has 6 heteroatoms. The smallest absolute Gasteiger partial charge is 0.338 e. The molecular formula is C12H19NO5. The molecule has 2 aliphatic rings. The number of esters is 2. The van der Waals surface area contributed by atoms with Crippen LogP contribution >= 0.6 is 0 Å². The highest BCUT2D eigenvalue weighted by Gasteiger charge is 2.58. The second kappa shape index (κ2) is 4.51. The highest BCUT2D eigenvalue weighted by atomic mass is 16.7. The van der Waals surface area contributed by atoms with Crippen molar-refractivity contribution in [3.63, 3.8) is 0 Å². The monoisotopic (exact) mass is 257 g/mol. The van der Waals surface area contributed by atoms with Gasteiger partial charge in [-0.15, -0.1) is 0 Å². The summed E-state index contributed by atoms with van der Waals surface area (Å²) in [6.45, 7) is 4.06. The summed E-state index contributed by atoms with van der Waals surface area (Å²) in [4.78, 5) is 29.2. The molecule has 2 saturated heterocycles. The minimum absolute atomic E-state index is 0.114. The van der Waals surface area contributed by atoms with E-state index >= 15 is 0 Å². The number of hydrogen-bond acceptors (Lipinski definition) is 6. The summed E-state index contributed by atoms with van der Waals surface area (Å²) in [5.74, 6) is -1.56. The molecule has 0 aromatic heterocycles. The first kappa shape index (κ1) is 13.3. The van der Waals surface area contributed by atoms with Crippen LogP contribution in [0.15, 0.2) is 0 Å². The van der Waals surface area contributed by atoms with Crippen molar-refractivity contribution in [3.05, 3.63) is 0 Å². The summed E-state index contributed by atoms with van der Waals surface area (Å²) in [6, 6.07) is -0.114. The van der Waals surface area contributed by atoms with Gasteiger partial charge in [-0.05, 0) is 26.7 Å². The summed E-state index contributed by atoms with van der Waals surface area (Å²) in [5.41, 5.74) is -0.181. The van der Waals surface area contributed by atoms with Crippen LogP contribution < -0.4 is 0 Å². The maximum atomic E-state index is 11.9. The van der Waals surface area contributed by atoms with E-state index in [-0.39, 0.29) is 11.6 Å². The molecule has 0 radical (unpaired) electrons. The van der Waals surface area contributed by atoms with Crippen LogP contribution in [0.25, 0.3) is 0 Å². The van der Waals surface area contributed by atoms with E-state index in [4.69, 9.17) is 14.3 Å². The van der Waals surface area contributed by atoms with Crippen molar-refractivity contribution in [1.82, 2.24) is 5.06 Å². The predicted molar refractivity (Wildman–Crippen MR) is 61.3 cm³/mol. The van der Waals surface area contributed by atoms with Gasteiger partial charge >= 0.3 is 11.9 Å². The van der Waals surface area contributed by atoms with Gasteiger partial charge in [-0.25, -0.2) is 4.79 Å². The lowest BCUT2D eigenvalue weighted by Gasteiger charge is -2.29. The molecule has 2 fully saturated rings. The number of fused-ring (bicyclic) bond motifs is 1. The summed E-state index contributed by atoms with van der Waals surface area (Å²) >= 11 is 0. The van der Waals surface area contributed by atoms with Crippen LogP contribution in [0, 0.1) is 5.92 Å². The molecule has 2 heterocycles. The fourth-order valence-corrected chi connectivity index (χ4v) is 2.84. The van der Waals surface area contributed by atoms with Crippen LogP contribution in [0.4, 0.5) is 0 Å². The summed E-state index contributed by atoms with van der Waals surface area (Å²) < 4.78 is 9.48. The van der Waals surface area contributed by atoms with E-state index in [9.17, 15) is 9.59 Å². The fraction of sp³-hybridized carbons (Fsp3) is 0.833. The molecule has 0 bridgehead atoms. The van der Waals surface area contributed by atoms with Crippen molar-refractivity contribution in [1.29, 1.82) is 0 Å². The molecule has 102 valence electrons. The second-order valence-electron chi connectivity index (χ2n) is 5.34. The molecule has 0 aromatic carbocycles. The second-order valence-corrected chi connectivity index (χ2v) is 5.34. The SMILES string of the molecule is COC(=O)[C@@H]1[C@H](C(=O)OC)ON2[C@H]1CCC2(C)C. The third-order valence-electron chi connectivity index (χ3n) is 3.82. The topological polar surface area (TPSA) is 65.1 Å². The van der Waals surface area contributed by atoms with E-state index in [1.54, 1.807) is 5.06 Å². The van der Waals surface area contributed by atoms with Crippen LogP contribution in [0.1, 0.15) is 26.7 Å². The molecular weight excluding hydrogens is 238 g/mol. The lowest BCUT2D eigenvalue weighted by molar-refractivity contribution is -0.209. The molecule has 18 heavy (non-hydrogen) atoms. The maximum Gasteiger partial charge on any atom is 0.338 e. The van der Waals surface area contributed by atoms with Crippen molar-refractivity contribution in [2.45, 2.75) is 44.4 Å². The highest BCUT2D eigenvalue weighted by molar-refractivity contribution is 5.85. The third-order valence-corrected chi connectivity index (χ3v) is 3.82. The maximum absolute atomic E-state index is 11.9. The predicted octanol–water partition coefficient (Wildman–Crippen LogP) is 0.505. The third kappa shape index (κ3) is 1.89. The van der Waals surface area contributed by atoms with E-state index < -0.39 is 24.0 Å². The largest absolute Gasteiger partial charge is 0.469 e. The van der Waals surface area contributed by atoms with E-state index in [1.807, 2.05) is 13.8 Å². The Kier molecular flexibility index (Phi) is 3.33. The van der Waals surface area contributed by atoms with Gasteiger partial charge in [0.2, 0.25) is 0 Å². The summed E-state index contributed by atoms with van der Waals surface area (Å²) in [7, 11) is 2.61. The van der Waals surface area contributed by atoms with Crippen molar-refractivity contribution in [2.24, 2.45) is 5.92 Å². The molecule has 0 saturated carbocycles.